The van der Waals surface area contributed by atoms with Crippen LogP contribution in [0.2, 0.25) is 0 Å². The van der Waals surface area contributed by atoms with Gasteiger partial charge in [0.25, 0.3) is 0 Å². The van der Waals surface area contributed by atoms with Gasteiger partial charge in [-0.2, -0.15) is 0 Å². The molecule has 2 N–H and O–H groups in total. The van der Waals surface area contributed by atoms with Crippen LogP contribution < -0.4 is 10.6 Å². The van der Waals surface area contributed by atoms with E-state index >= 15 is 0 Å². The second-order valence-electron chi connectivity index (χ2n) is 2.96. The normalized spacial score (nSPS) is 9.67. The van der Waals surface area contributed by atoms with Gasteiger partial charge >= 0.3 is 11.8 Å². The molecule has 0 fully saturated rings. The lowest BCUT2D eigenvalue weighted by molar-refractivity contribution is -0.139. The first-order valence-electron chi connectivity index (χ1n) is 4.14. The van der Waals surface area contributed by atoms with Gasteiger partial charge in [-0.25, -0.2) is 0 Å². The van der Waals surface area contributed by atoms with Crippen LogP contribution in [0.15, 0.2) is 0 Å². The fraction of sp³-hybridized carbons (Fsp3) is 0.750. The molecule has 0 spiro atoms. The number of rotatable bonds is 3. The summed E-state index contributed by atoms with van der Waals surface area (Å²) in [7, 11) is 0. The number of amides is 2. The van der Waals surface area contributed by atoms with Crippen LogP contribution in [0.4, 0.5) is 0 Å². The lowest BCUT2D eigenvalue weighted by Crippen LogP contribution is -2.41. The van der Waals surface area contributed by atoms with E-state index in [2.05, 4.69) is 10.6 Å². The van der Waals surface area contributed by atoms with Crippen LogP contribution >= 0.6 is 0 Å². The molecule has 0 bridgehead atoms. The summed E-state index contributed by atoms with van der Waals surface area (Å²) in [5.74, 6) is -0.743. The smallest absolute Gasteiger partial charge is 0.309 e. The number of carbonyl (C=O) groups is 2. The van der Waals surface area contributed by atoms with E-state index < -0.39 is 11.8 Å². The van der Waals surface area contributed by atoms with Gasteiger partial charge in [0.05, 0.1) is 0 Å². The van der Waals surface area contributed by atoms with Gasteiger partial charge in [-0.15, -0.1) is 0 Å². The molecule has 0 radical (unpaired) electrons. The van der Waals surface area contributed by atoms with Crippen molar-refractivity contribution in [2.24, 2.45) is 5.92 Å². The highest BCUT2D eigenvalue weighted by atomic mass is 16.2. The minimum Gasteiger partial charge on any atom is -0.348 e. The van der Waals surface area contributed by atoms with Gasteiger partial charge in [-0.05, 0) is 12.8 Å². The lowest BCUT2D eigenvalue weighted by atomic mass is 10.2. The fourth-order valence-corrected chi connectivity index (χ4v) is 0.618. The van der Waals surface area contributed by atoms with Gasteiger partial charge in [0.1, 0.15) is 0 Å². The Bertz CT molecular complexity index is 166. The second-order valence-corrected chi connectivity index (χ2v) is 2.96. The Morgan fingerprint density at radius 2 is 1.67 bits per heavy atom. The Balaban J connectivity index is 3.65. The molecule has 0 aromatic carbocycles. The van der Waals surface area contributed by atoms with E-state index in [-0.39, 0.29) is 0 Å². The maximum atomic E-state index is 10.9. The Labute approximate surface area is 72.7 Å². The summed E-state index contributed by atoms with van der Waals surface area (Å²) in [5.41, 5.74) is 0. The molecule has 2 amide bonds. The van der Waals surface area contributed by atoms with E-state index in [1.54, 1.807) is 6.92 Å². The molecular formula is C8H16N2O2. The monoisotopic (exact) mass is 172 g/mol. The first kappa shape index (κ1) is 10.9. The largest absolute Gasteiger partial charge is 0.348 e. The van der Waals surface area contributed by atoms with Crippen LogP contribution in [0.5, 0.6) is 0 Å². The molecule has 0 rings (SSSR count). The van der Waals surface area contributed by atoms with Gasteiger partial charge in [0.2, 0.25) is 0 Å². The Morgan fingerprint density at radius 1 is 1.17 bits per heavy atom. The fourth-order valence-electron chi connectivity index (χ4n) is 0.618. The maximum absolute atomic E-state index is 10.9. The average molecular weight is 172 g/mol. The van der Waals surface area contributed by atoms with Crippen molar-refractivity contribution in [1.82, 2.24) is 10.6 Å². The van der Waals surface area contributed by atoms with Gasteiger partial charge in [-0.1, -0.05) is 13.8 Å². The highest BCUT2D eigenvalue weighted by molar-refractivity contribution is 6.35. The van der Waals surface area contributed by atoms with E-state index in [9.17, 15) is 9.59 Å². The molecule has 0 saturated heterocycles. The van der Waals surface area contributed by atoms with Crippen LogP contribution in [0.3, 0.4) is 0 Å². The lowest BCUT2D eigenvalue weighted by Gasteiger charge is -2.06. The molecule has 0 saturated carbocycles. The third-order valence-electron chi connectivity index (χ3n) is 1.21. The van der Waals surface area contributed by atoms with Crippen molar-refractivity contribution in [2.75, 3.05) is 13.1 Å². The van der Waals surface area contributed by atoms with Gasteiger partial charge in [0.15, 0.2) is 0 Å². The zero-order chi connectivity index (χ0) is 9.56. The third-order valence-corrected chi connectivity index (χ3v) is 1.21. The molecule has 70 valence electrons. The zero-order valence-corrected chi connectivity index (χ0v) is 7.81. The number of nitrogens with one attached hydrogen (secondary N) is 2. The first-order valence-corrected chi connectivity index (χ1v) is 4.14. The summed E-state index contributed by atoms with van der Waals surface area (Å²) >= 11 is 0. The highest BCUT2D eigenvalue weighted by Gasteiger charge is 2.10. The summed E-state index contributed by atoms with van der Waals surface area (Å²) in [6, 6.07) is 0. The number of hydrogen-bond donors (Lipinski definition) is 2. The molecule has 0 aromatic heterocycles. The summed E-state index contributed by atoms with van der Waals surface area (Å²) in [6.45, 7) is 6.73. The van der Waals surface area contributed by atoms with Crippen molar-refractivity contribution < 1.29 is 9.59 Å². The number of carbonyl (C=O) groups excluding carboxylic acids is 2. The van der Waals surface area contributed by atoms with Crippen molar-refractivity contribution >= 4 is 11.8 Å². The molecule has 0 aliphatic heterocycles. The first-order chi connectivity index (χ1) is 5.57. The molecule has 0 heterocycles. The second kappa shape index (κ2) is 5.57. The molecule has 0 atom stereocenters. The molecule has 0 aliphatic rings. The van der Waals surface area contributed by atoms with E-state index in [0.717, 1.165) is 0 Å². The minimum absolute atomic E-state index is 0.364. The summed E-state index contributed by atoms with van der Waals surface area (Å²) in [6.07, 6.45) is 0. The quantitative estimate of drug-likeness (QED) is 0.584. The highest BCUT2D eigenvalue weighted by Crippen LogP contribution is 1.86. The predicted octanol–water partition coefficient (Wildman–Crippen LogP) is -0.105. The SMILES string of the molecule is CCNC(=O)C(=O)NCC(C)C. The summed E-state index contributed by atoms with van der Waals surface area (Å²) in [4.78, 5) is 21.7. The van der Waals surface area contributed by atoms with Crippen LogP contribution in [0.1, 0.15) is 20.8 Å². The van der Waals surface area contributed by atoms with Crippen molar-refractivity contribution in [1.29, 1.82) is 0 Å². The third kappa shape index (κ3) is 4.71. The van der Waals surface area contributed by atoms with Crippen LogP contribution in [-0.4, -0.2) is 24.9 Å². The van der Waals surface area contributed by atoms with Gasteiger partial charge in [0, 0.05) is 13.1 Å². The molecule has 4 nitrogen and oxygen atoms in total. The number of hydrogen-bond acceptors (Lipinski definition) is 2. The predicted molar refractivity (Wildman–Crippen MR) is 46.5 cm³/mol. The van der Waals surface area contributed by atoms with Crippen LogP contribution in [0.25, 0.3) is 0 Å². The Kier molecular flexibility index (Phi) is 5.08. The standard InChI is InChI=1S/C8H16N2O2/c1-4-9-7(11)8(12)10-5-6(2)3/h6H,4-5H2,1-3H3,(H,9,11)(H,10,12). The van der Waals surface area contributed by atoms with Crippen LogP contribution in [0, 0.1) is 5.92 Å². The van der Waals surface area contributed by atoms with E-state index in [1.165, 1.54) is 0 Å². The average Bonchev–Trinajstić information content (AvgIpc) is 2.00. The molecule has 0 unspecified atom stereocenters. The molecule has 12 heavy (non-hydrogen) atoms. The molecule has 0 aromatic rings. The molecule has 4 heteroatoms. The van der Waals surface area contributed by atoms with E-state index in [0.29, 0.717) is 19.0 Å². The minimum atomic E-state index is -0.557. The Morgan fingerprint density at radius 3 is 2.08 bits per heavy atom. The topological polar surface area (TPSA) is 58.2 Å². The molecular weight excluding hydrogens is 156 g/mol. The van der Waals surface area contributed by atoms with Gasteiger partial charge in [-0.3, -0.25) is 9.59 Å². The maximum Gasteiger partial charge on any atom is 0.309 e. The van der Waals surface area contributed by atoms with Crippen LogP contribution in [-0.2, 0) is 9.59 Å². The summed E-state index contributed by atoms with van der Waals surface area (Å²) in [5, 5.41) is 4.93. The Hall–Kier alpha value is -1.06. The van der Waals surface area contributed by atoms with Gasteiger partial charge < -0.3 is 10.6 Å². The van der Waals surface area contributed by atoms with E-state index in [1.807, 2.05) is 13.8 Å². The zero-order valence-electron chi connectivity index (χ0n) is 7.81. The summed E-state index contributed by atoms with van der Waals surface area (Å²) < 4.78 is 0. The van der Waals surface area contributed by atoms with Crippen molar-refractivity contribution in [3.05, 3.63) is 0 Å². The number of likely N-dealkylation sites (N-methyl/N-ethyl adjacent to an activating group) is 1. The molecule has 0 aliphatic carbocycles. The van der Waals surface area contributed by atoms with Crippen molar-refractivity contribution in [3.63, 3.8) is 0 Å². The van der Waals surface area contributed by atoms with Crippen molar-refractivity contribution in [3.8, 4) is 0 Å². The van der Waals surface area contributed by atoms with Crippen molar-refractivity contribution in [2.45, 2.75) is 20.8 Å². The van der Waals surface area contributed by atoms with E-state index in [4.69, 9.17) is 0 Å².